The van der Waals surface area contributed by atoms with Crippen molar-refractivity contribution in [3.8, 4) is 5.75 Å². The predicted octanol–water partition coefficient (Wildman–Crippen LogP) is 0.867. The summed E-state index contributed by atoms with van der Waals surface area (Å²) in [6.45, 7) is 0.484. The summed E-state index contributed by atoms with van der Waals surface area (Å²) in [5.74, 6) is 1.34. The van der Waals surface area contributed by atoms with E-state index in [1.807, 2.05) is 12.1 Å². The molecule has 5 heteroatoms. The van der Waals surface area contributed by atoms with Crippen molar-refractivity contribution in [3.05, 3.63) is 41.5 Å². The number of aromatic nitrogens is 2. The first-order chi connectivity index (χ1) is 7.79. The Morgan fingerprint density at radius 2 is 2.12 bits per heavy atom. The maximum Gasteiger partial charge on any atom is 0.227 e. The second-order valence-corrected chi connectivity index (χ2v) is 3.45. The van der Waals surface area contributed by atoms with Gasteiger partial charge < -0.3 is 15.4 Å². The van der Waals surface area contributed by atoms with Gasteiger partial charge in [-0.1, -0.05) is 23.4 Å². The third-order valence-electron chi connectivity index (χ3n) is 2.21. The van der Waals surface area contributed by atoms with E-state index < -0.39 is 0 Å². The first kappa shape index (κ1) is 10.6. The van der Waals surface area contributed by atoms with Crippen LogP contribution in [0.1, 0.15) is 17.3 Å². The number of hydrogen-bond donors (Lipinski definition) is 2. The molecule has 0 saturated heterocycles. The van der Waals surface area contributed by atoms with E-state index in [9.17, 15) is 5.11 Å². The monoisotopic (exact) mass is 219 g/mol. The van der Waals surface area contributed by atoms with Crippen LogP contribution in [0.5, 0.6) is 5.75 Å². The zero-order chi connectivity index (χ0) is 11.4. The molecule has 1 aromatic carbocycles. The summed E-state index contributed by atoms with van der Waals surface area (Å²) in [5, 5.41) is 13.4. The van der Waals surface area contributed by atoms with Crippen molar-refractivity contribution < 1.29 is 9.63 Å². The van der Waals surface area contributed by atoms with Gasteiger partial charge in [0.1, 0.15) is 5.75 Å². The Morgan fingerprint density at radius 3 is 2.88 bits per heavy atom. The number of hydrogen-bond acceptors (Lipinski definition) is 5. The van der Waals surface area contributed by atoms with Gasteiger partial charge in [0.25, 0.3) is 0 Å². The number of benzene rings is 1. The molecular weight excluding hydrogens is 206 g/mol. The van der Waals surface area contributed by atoms with Crippen LogP contribution in [-0.4, -0.2) is 21.8 Å². The molecule has 3 N–H and O–H groups in total. The van der Waals surface area contributed by atoms with Crippen molar-refractivity contribution in [2.24, 2.45) is 5.73 Å². The minimum atomic E-state index is 0.243. The first-order valence-electron chi connectivity index (χ1n) is 5.08. The van der Waals surface area contributed by atoms with Crippen LogP contribution >= 0.6 is 0 Å². The molecule has 0 saturated carbocycles. The van der Waals surface area contributed by atoms with Crippen LogP contribution in [0.2, 0.25) is 0 Å². The molecule has 0 spiro atoms. The summed E-state index contributed by atoms with van der Waals surface area (Å²) >= 11 is 0. The lowest BCUT2D eigenvalue weighted by Gasteiger charge is -1.99. The topological polar surface area (TPSA) is 85.2 Å². The van der Waals surface area contributed by atoms with Crippen molar-refractivity contribution in [1.29, 1.82) is 0 Å². The van der Waals surface area contributed by atoms with Gasteiger partial charge in [0, 0.05) is 24.9 Å². The molecule has 0 radical (unpaired) electrons. The summed E-state index contributed by atoms with van der Waals surface area (Å²) in [7, 11) is 0. The van der Waals surface area contributed by atoms with Gasteiger partial charge in [-0.25, -0.2) is 0 Å². The molecule has 0 amide bonds. The van der Waals surface area contributed by atoms with Crippen molar-refractivity contribution in [1.82, 2.24) is 10.1 Å². The highest BCUT2D eigenvalue weighted by atomic mass is 16.5. The molecule has 0 aliphatic rings. The van der Waals surface area contributed by atoms with Crippen LogP contribution in [0.4, 0.5) is 0 Å². The van der Waals surface area contributed by atoms with Crippen molar-refractivity contribution in [2.45, 2.75) is 12.8 Å². The molecule has 0 aliphatic heterocycles. The quantitative estimate of drug-likeness (QED) is 0.796. The highest BCUT2D eigenvalue weighted by Crippen LogP contribution is 2.18. The number of nitrogens with zero attached hydrogens (tertiary/aromatic N) is 2. The van der Waals surface area contributed by atoms with Gasteiger partial charge in [0.15, 0.2) is 5.82 Å². The first-order valence-corrected chi connectivity index (χ1v) is 5.08. The molecule has 84 valence electrons. The third-order valence-corrected chi connectivity index (χ3v) is 2.21. The Hall–Kier alpha value is -1.88. The van der Waals surface area contributed by atoms with Crippen LogP contribution in [0, 0.1) is 0 Å². The summed E-state index contributed by atoms with van der Waals surface area (Å²) in [4.78, 5) is 4.17. The smallest absolute Gasteiger partial charge is 0.227 e. The average Bonchev–Trinajstić information content (AvgIpc) is 2.70. The molecule has 1 aromatic heterocycles. The van der Waals surface area contributed by atoms with E-state index >= 15 is 0 Å². The lowest BCUT2D eigenvalue weighted by molar-refractivity contribution is 0.375. The average molecular weight is 219 g/mol. The molecule has 0 aliphatic carbocycles. The lowest BCUT2D eigenvalue weighted by Crippen LogP contribution is -2.02. The Balaban J connectivity index is 2.11. The molecule has 2 rings (SSSR count). The number of aromatic hydroxyl groups is 1. The van der Waals surface area contributed by atoms with Crippen LogP contribution in [-0.2, 0) is 12.8 Å². The number of nitrogens with two attached hydrogens (primary N) is 1. The zero-order valence-corrected chi connectivity index (χ0v) is 8.76. The number of phenols is 1. The third kappa shape index (κ3) is 2.38. The van der Waals surface area contributed by atoms with E-state index in [4.69, 9.17) is 10.3 Å². The fourth-order valence-electron chi connectivity index (χ4n) is 1.42. The van der Waals surface area contributed by atoms with Crippen LogP contribution in [0.3, 0.4) is 0 Å². The summed E-state index contributed by atoms with van der Waals surface area (Å²) in [6.07, 6.45) is 1.04. The van der Waals surface area contributed by atoms with Gasteiger partial charge in [-0.2, -0.15) is 4.98 Å². The van der Waals surface area contributed by atoms with E-state index in [1.54, 1.807) is 12.1 Å². The van der Waals surface area contributed by atoms with Gasteiger partial charge in [0.2, 0.25) is 5.89 Å². The predicted molar refractivity (Wildman–Crippen MR) is 58.0 cm³/mol. The van der Waals surface area contributed by atoms with Crippen molar-refractivity contribution >= 4 is 0 Å². The standard InChI is InChI=1S/C11H13N3O2/c12-6-5-11-13-10(14-16-11)7-8-3-1-2-4-9(8)15/h1-4,15H,5-7,12H2. The van der Waals surface area contributed by atoms with Crippen LogP contribution in [0.15, 0.2) is 28.8 Å². The van der Waals surface area contributed by atoms with Crippen LogP contribution in [0.25, 0.3) is 0 Å². The van der Waals surface area contributed by atoms with E-state index in [2.05, 4.69) is 10.1 Å². The Labute approximate surface area is 92.9 Å². The molecular formula is C11H13N3O2. The van der Waals surface area contributed by atoms with E-state index in [-0.39, 0.29) is 5.75 Å². The lowest BCUT2D eigenvalue weighted by atomic mass is 10.1. The highest BCUT2D eigenvalue weighted by Gasteiger charge is 2.08. The molecule has 16 heavy (non-hydrogen) atoms. The Morgan fingerprint density at radius 1 is 1.31 bits per heavy atom. The Kier molecular flexibility index (Phi) is 3.16. The van der Waals surface area contributed by atoms with Gasteiger partial charge in [0.05, 0.1) is 0 Å². The van der Waals surface area contributed by atoms with Crippen molar-refractivity contribution in [3.63, 3.8) is 0 Å². The number of rotatable bonds is 4. The molecule has 0 bridgehead atoms. The fourth-order valence-corrected chi connectivity index (χ4v) is 1.42. The molecule has 0 unspecified atom stereocenters. The minimum Gasteiger partial charge on any atom is -0.508 e. The van der Waals surface area contributed by atoms with Crippen LogP contribution < -0.4 is 5.73 Å². The molecule has 0 atom stereocenters. The van der Waals surface area contributed by atoms with E-state index in [1.165, 1.54) is 0 Å². The second kappa shape index (κ2) is 4.76. The van der Waals surface area contributed by atoms with E-state index in [0.717, 1.165) is 5.56 Å². The normalized spacial score (nSPS) is 10.6. The molecule has 2 aromatic rings. The summed E-state index contributed by atoms with van der Waals surface area (Å²) in [6, 6.07) is 7.09. The minimum absolute atomic E-state index is 0.243. The van der Waals surface area contributed by atoms with Gasteiger partial charge >= 0.3 is 0 Å². The number of phenolic OH excluding ortho intramolecular Hbond substituents is 1. The van der Waals surface area contributed by atoms with Gasteiger partial charge in [-0.05, 0) is 6.07 Å². The SMILES string of the molecule is NCCc1nc(Cc2ccccc2O)no1. The molecule has 5 nitrogen and oxygen atoms in total. The largest absolute Gasteiger partial charge is 0.508 e. The maximum atomic E-state index is 9.58. The number of para-hydroxylation sites is 1. The molecule has 0 fully saturated rings. The van der Waals surface area contributed by atoms with E-state index in [0.29, 0.717) is 31.1 Å². The van der Waals surface area contributed by atoms with Gasteiger partial charge in [-0.15, -0.1) is 0 Å². The highest BCUT2D eigenvalue weighted by molar-refractivity contribution is 5.33. The van der Waals surface area contributed by atoms with Crippen molar-refractivity contribution in [2.75, 3.05) is 6.54 Å². The maximum absolute atomic E-state index is 9.58. The summed E-state index contributed by atoms with van der Waals surface area (Å²) in [5.41, 5.74) is 6.16. The Bertz CT molecular complexity index is 468. The second-order valence-electron chi connectivity index (χ2n) is 3.45. The van der Waals surface area contributed by atoms with Gasteiger partial charge in [-0.3, -0.25) is 0 Å². The fraction of sp³-hybridized carbons (Fsp3) is 0.273. The zero-order valence-electron chi connectivity index (χ0n) is 8.76. The molecule has 1 heterocycles. The summed E-state index contributed by atoms with van der Waals surface area (Å²) < 4.78 is 4.99.